The van der Waals surface area contributed by atoms with E-state index in [1.807, 2.05) is 37.4 Å². The fourth-order valence-electron chi connectivity index (χ4n) is 3.30. The van der Waals surface area contributed by atoms with Crippen molar-refractivity contribution in [3.05, 3.63) is 95.6 Å². The molecule has 0 spiro atoms. The lowest BCUT2D eigenvalue weighted by atomic mass is 9.88. The first-order chi connectivity index (χ1) is 13.7. The molecule has 0 fully saturated rings. The van der Waals surface area contributed by atoms with E-state index in [1.165, 1.54) is 16.7 Å². The van der Waals surface area contributed by atoms with Gasteiger partial charge in [0.1, 0.15) is 18.1 Å². The summed E-state index contributed by atoms with van der Waals surface area (Å²) in [5, 5.41) is 12.8. The molecule has 28 heavy (non-hydrogen) atoms. The van der Waals surface area contributed by atoms with Gasteiger partial charge in [-0.3, -0.25) is 0 Å². The fourth-order valence-corrected chi connectivity index (χ4v) is 3.30. The van der Waals surface area contributed by atoms with Crippen LogP contribution in [0.3, 0.4) is 0 Å². The van der Waals surface area contributed by atoms with Crippen molar-refractivity contribution in [3.8, 4) is 11.5 Å². The van der Waals surface area contributed by atoms with Crippen molar-refractivity contribution in [2.75, 3.05) is 20.2 Å². The van der Waals surface area contributed by atoms with Gasteiger partial charge in [-0.05, 0) is 65.6 Å². The van der Waals surface area contributed by atoms with Crippen molar-refractivity contribution < 1.29 is 9.84 Å². The minimum absolute atomic E-state index is 0.272. The summed E-state index contributed by atoms with van der Waals surface area (Å²) in [7, 11) is 1.91. The Morgan fingerprint density at radius 2 is 1.43 bits per heavy atom. The van der Waals surface area contributed by atoms with Gasteiger partial charge in [0.15, 0.2) is 0 Å². The molecule has 3 nitrogen and oxygen atoms in total. The van der Waals surface area contributed by atoms with E-state index in [-0.39, 0.29) is 5.75 Å². The van der Waals surface area contributed by atoms with E-state index >= 15 is 0 Å². The number of nitrogens with one attached hydrogen (secondary N) is 1. The second-order valence-corrected chi connectivity index (χ2v) is 6.60. The van der Waals surface area contributed by atoms with Crippen molar-refractivity contribution in [1.29, 1.82) is 0 Å². The Bertz CT molecular complexity index is 898. The second-order valence-electron chi connectivity index (χ2n) is 6.60. The molecule has 0 unspecified atom stereocenters. The van der Waals surface area contributed by atoms with Crippen LogP contribution in [0.15, 0.2) is 78.9 Å². The molecule has 0 aliphatic carbocycles. The van der Waals surface area contributed by atoms with Crippen molar-refractivity contribution in [1.82, 2.24) is 5.32 Å². The number of allylic oxidation sites excluding steroid dienone is 1. The van der Waals surface area contributed by atoms with Crippen molar-refractivity contribution in [2.24, 2.45) is 0 Å². The molecule has 2 N–H and O–H groups in total. The van der Waals surface area contributed by atoms with E-state index < -0.39 is 0 Å². The number of ether oxygens (including phenoxy) is 1. The highest BCUT2D eigenvalue weighted by molar-refractivity contribution is 5.98. The molecule has 144 valence electrons. The maximum atomic E-state index is 9.72. The number of rotatable bonds is 8. The van der Waals surface area contributed by atoms with E-state index in [9.17, 15) is 5.11 Å². The third kappa shape index (κ3) is 4.81. The number of likely N-dealkylation sites (N-methyl/N-ethyl adjacent to an activating group) is 1. The fraction of sp³-hybridized carbons (Fsp3) is 0.200. The highest BCUT2D eigenvalue weighted by Crippen LogP contribution is 2.35. The van der Waals surface area contributed by atoms with Crippen molar-refractivity contribution >= 4 is 11.1 Å². The molecule has 0 bridgehead atoms. The normalized spacial score (nSPS) is 11.8. The molecule has 0 aromatic heterocycles. The monoisotopic (exact) mass is 373 g/mol. The molecular weight excluding hydrogens is 346 g/mol. The molecule has 0 amide bonds. The quantitative estimate of drug-likeness (QED) is 0.413. The van der Waals surface area contributed by atoms with Crippen LogP contribution in [0, 0.1) is 0 Å². The van der Waals surface area contributed by atoms with Crippen LogP contribution >= 0.6 is 0 Å². The van der Waals surface area contributed by atoms with Gasteiger partial charge in [0, 0.05) is 6.54 Å². The third-order valence-electron chi connectivity index (χ3n) is 4.70. The molecular formula is C25H27NO2. The summed E-state index contributed by atoms with van der Waals surface area (Å²) in [6, 6.07) is 26.1. The number of benzene rings is 3. The lowest BCUT2D eigenvalue weighted by molar-refractivity contribution is 0.318. The number of aromatic hydroxyl groups is 1. The maximum absolute atomic E-state index is 9.72. The van der Waals surface area contributed by atoms with Crippen LogP contribution in [0.4, 0.5) is 0 Å². The van der Waals surface area contributed by atoms with Gasteiger partial charge in [0.05, 0.1) is 0 Å². The van der Waals surface area contributed by atoms with E-state index in [2.05, 4.69) is 48.6 Å². The van der Waals surface area contributed by atoms with Crippen LogP contribution in [-0.2, 0) is 0 Å². The van der Waals surface area contributed by atoms with Gasteiger partial charge in [-0.1, -0.05) is 61.5 Å². The SMILES string of the molecule is CCC(=C(c1ccc(O)cc1)c1ccc(OCCNC)cc1)c1ccccc1. The minimum Gasteiger partial charge on any atom is -0.508 e. The van der Waals surface area contributed by atoms with E-state index in [4.69, 9.17) is 4.74 Å². The van der Waals surface area contributed by atoms with E-state index in [0.717, 1.165) is 29.8 Å². The summed E-state index contributed by atoms with van der Waals surface area (Å²) >= 11 is 0. The van der Waals surface area contributed by atoms with Gasteiger partial charge >= 0.3 is 0 Å². The highest BCUT2D eigenvalue weighted by atomic mass is 16.5. The molecule has 0 atom stereocenters. The third-order valence-corrected chi connectivity index (χ3v) is 4.70. The smallest absolute Gasteiger partial charge is 0.119 e. The van der Waals surface area contributed by atoms with Crippen LogP contribution < -0.4 is 10.1 Å². The first kappa shape index (κ1) is 19.7. The number of phenols is 1. The largest absolute Gasteiger partial charge is 0.508 e. The minimum atomic E-state index is 0.272. The standard InChI is InChI=1S/C25H27NO2/c1-3-24(19-7-5-4-6-8-19)25(20-9-13-22(27)14-10-20)21-11-15-23(16-12-21)28-18-17-26-2/h4-16,26-27H,3,17-18H2,1-2H3. The van der Waals surface area contributed by atoms with Crippen LogP contribution in [0.1, 0.15) is 30.0 Å². The van der Waals surface area contributed by atoms with E-state index in [0.29, 0.717) is 6.61 Å². The molecule has 3 aromatic rings. The molecule has 0 saturated carbocycles. The maximum Gasteiger partial charge on any atom is 0.119 e. The molecule has 0 heterocycles. The van der Waals surface area contributed by atoms with Gasteiger partial charge in [0.25, 0.3) is 0 Å². The molecule has 0 aliphatic heterocycles. The highest BCUT2D eigenvalue weighted by Gasteiger charge is 2.13. The lowest BCUT2D eigenvalue weighted by Gasteiger charge is -2.17. The molecule has 0 radical (unpaired) electrons. The number of hydrogen-bond donors (Lipinski definition) is 2. The molecule has 0 aliphatic rings. The summed E-state index contributed by atoms with van der Waals surface area (Å²) in [6.07, 6.45) is 0.903. The average molecular weight is 373 g/mol. The zero-order valence-electron chi connectivity index (χ0n) is 16.5. The van der Waals surface area contributed by atoms with Gasteiger partial charge in [0.2, 0.25) is 0 Å². The second kappa shape index (κ2) is 9.77. The van der Waals surface area contributed by atoms with Crippen LogP contribution in [0.5, 0.6) is 11.5 Å². The average Bonchev–Trinajstić information content (AvgIpc) is 2.74. The van der Waals surface area contributed by atoms with Gasteiger partial charge in [-0.25, -0.2) is 0 Å². The van der Waals surface area contributed by atoms with Gasteiger partial charge in [-0.2, -0.15) is 0 Å². The lowest BCUT2D eigenvalue weighted by Crippen LogP contribution is -2.15. The summed E-state index contributed by atoms with van der Waals surface area (Å²) < 4.78 is 5.76. The summed E-state index contributed by atoms with van der Waals surface area (Å²) in [4.78, 5) is 0. The Hall–Kier alpha value is -3.04. The first-order valence-corrected chi connectivity index (χ1v) is 9.68. The number of hydrogen-bond acceptors (Lipinski definition) is 3. The van der Waals surface area contributed by atoms with Gasteiger partial charge < -0.3 is 15.2 Å². The summed E-state index contributed by atoms with van der Waals surface area (Å²) in [5.74, 6) is 1.14. The zero-order valence-corrected chi connectivity index (χ0v) is 16.5. The Morgan fingerprint density at radius 3 is 2.00 bits per heavy atom. The van der Waals surface area contributed by atoms with Crippen molar-refractivity contribution in [3.63, 3.8) is 0 Å². The zero-order chi connectivity index (χ0) is 19.8. The predicted octanol–water partition coefficient (Wildman–Crippen LogP) is 5.36. The Kier molecular flexibility index (Phi) is 6.88. The summed E-state index contributed by atoms with van der Waals surface area (Å²) in [6.45, 7) is 3.63. The Morgan fingerprint density at radius 1 is 0.821 bits per heavy atom. The topological polar surface area (TPSA) is 41.5 Å². The Balaban J connectivity index is 2.06. The van der Waals surface area contributed by atoms with E-state index in [1.54, 1.807) is 12.1 Å². The summed E-state index contributed by atoms with van der Waals surface area (Å²) in [5.41, 5.74) is 5.88. The predicted molar refractivity (Wildman–Crippen MR) is 117 cm³/mol. The molecule has 3 heteroatoms. The van der Waals surface area contributed by atoms with Crippen molar-refractivity contribution in [2.45, 2.75) is 13.3 Å². The number of phenolic OH excluding ortho intramolecular Hbond substituents is 1. The van der Waals surface area contributed by atoms with Crippen LogP contribution in [0.2, 0.25) is 0 Å². The Labute approximate surface area is 167 Å². The van der Waals surface area contributed by atoms with Crippen LogP contribution in [-0.4, -0.2) is 25.3 Å². The molecule has 3 rings (SSSR count). The molecule has 0 saturated heterocycles. The first-order valence-electron chi connectivity index (χ1n) is 9.68. The van der Waals surface area contributed by atoms with Crippen LogP contribution in [0.25, 0.3) is 11.1 Å². The van der Waals surface area contributed by atoms with Gasteiger partial charge in [-0.15, -0.1) is 0 Å². The molecule has 3 aromatic carbocycles.